The fraction of sp³-hybridized carbons (Fsp3) is 0.549. The van der Waals surface area contributed by atoms with Gasteiger partial charge in [-0.05, 0) is 129 Å². The number of rotatable bonds is 19. The van der Waals surface area contributed by atoms with E-state index in [1.807, 2.05) is 36.4 Å². The number of aromatic amines is 1. The maximum Gasteiger partial charge on any atom is 0.309 e. The molecule has 0 saturated heterocycles. The number of aromatic nitrogens is 1. The van der Waals surface area contributed by atoms with Crippen LogP contribution in [0.2, 0.25) is 0 Å². The predicted molar refractivity (Wildman–Crippen MR) is 240 cm³/mol. The first-order valence-corrected chi connectivity index (χ1v) is 23.1. The minimum Gasteiger partial charge on any atom is -0.508 e. The Kier molecular flexibility index (Phi) is 14.7. The molecule has 7 rings (SSSR count). The largest absolute Gasteiger partial charge is 0.508 e. The number of nitrogens with two attached hydrogens (primary N) is 1. The molecule has 3 aromatic rings. The van der Waals surface area contributed by atoms with Crippen LogP contribution in [0, 0.1) is 41.4 Å². The summed E-state index contributed by atoms with van der Waals surface area (Å²) in [6.07, 6.45) is 20.2. The molecule has 10 atom stereocenters. The van der Waals surface area contributed by atoms with Crippen LogP contribution in [0.25, 0.3) is 22.4 Å². The summed E-state index contributed by atoms with van der Waals surface area (Å²) in [5.74, 6) is -1.16. The van der Waals surface area contributed by atoms with Crippen molar-refractivity contribution in [1.29, 1.82) is 0 Å². The summed E-state index contributed by atoms with van der Waals surface area (Å²) in [6.45, 7) is 2.87. The van der Waals surface area contributed by atoms with Gasteiger partial charge in [0.2, 0.25) is 0 Å². The molecule has 1 aliphatic heterocycles. The number of nitrogens with one attached hydrogen (secondary N) is 2. The fourth-order valence-corrected chi connectivity index (χ4v) is 11.5. The number of phenolic OH excluding ortho intramolecular Hbond substituents is 2. The lowest BCUT2D eigenvalue weighted by Crippen LogP contribution is -2.50. The van der Waals surface area contributed by atoms with Gasteiger partial charge in [0.25, 0.3) is 0 Å². The van der Waals surface area contributed by atoms with E-state index in [-0.39, 0.29) is 47.2 Å². The molecule has 2 heterocycles. The molecular weight excluding hydrogens is 767 g/mol. The number of unbranched alkanes of at least 4 members (excludes halogenated alkanes) is 4. The van der Waals surface area contributed by atoms with Crippen LogP contribution in [0.4, 0.5) is 0 Å². The van der Waals surface area contributed by atoms with Crippen LogP contribution in [-0.4, -0.2) is 65.9 Å². The summed E-state index contributed by atoms with van der Waals surface area (Å²) in [5, 5.41) is 70.2. The highest BCUT2D eigenvalue weighted by atomic mass is 16.4. The number of aliphatic hydroxyl groups is 3. The van der Waals surface area contributed by atoms with Gasteiger partial charge in [0, 0.05) is 35.3 Å². The molecule has 10 heteroatoms. The minimum absolute atomic E-state index is 0.0310. The maximum absolute atomic E-state index is 13.0. The van der Waals surface area contributed by atoms with Crippen molar-refractivity contribution in [2.24, 2.45) is 47.2 Å². The average Bonchev–Trinajstić information content (AvgIpc) is 3.77. The molecule has 0 amide bonds. The second kappa shape index (κ2) is 20.1. The smallest absolute Gasteiger partial charge is 0.309 e. The SMILES string of the molecule is CCCCCC1C=CC(CCCCCC(C(=O)O)C(O)C2CCC3C(CC4=CCNC(N)=C4)CC(Cc4cc(-c5ccccc5)c(-c5cc(O)cc(O)c5)[nH]4)C3(O)C2)C(O)C1. The number of carboxylic acid groups (broad SMARTS) is 1. The Morgan fingerprint density at radius 3 is 2.41 bits per heavy atom. The zero-order chi connectivity index (χ0) is 43.1. The summed E-state index contributed by atoms with van der Waals surface area (Å²) < 4.78 is 0. The number of H-pyrrole nitrogens is 1. The Balaban J connectivity index is 1.05. The Morgan fingerprint density at radius 2 is 1.69 bits per heavy atom. The second-order valence-electron chi connectivity index (χ2n) is 18.9. The lowest BCUT2D eigenvalue weighted by atomic mass is 9.64. The zero-order valence-electron chi connectivity index (χ0n) is 35.9. The molecule has 2 aromatic carbocycles. The number of hydrogen-bond donors (Lipinski definition) is 9. The Bertz CT molecular complexity index is 2000. The van der Waals surface area contributed by atoms with Crippen molar-refractivity contribution in [1.82, 2.24) is 10.3 Å². The number of aliphatic carboxylic acids is 1. The van der Waals surface area contributed by atoms with E-state index in [0.29, 0.717) is 62.4 Å². The van der Waals surface area contributed by atoms with Crippen LogP contribution in [0.1, 0.15) is 109 Å². The quantitative estimate of drug-likeness (QED) is 0.0419. The summed E-state index contributed by atoms with van der Waals surface area (Å²) in [4.78, 5) is 16.4. The number of dihydropyridines is 1. The van der Waals surface area contributed by atoms with Gasteiger partial charge in [0.15, 0.2) is 0 Å². The molecule has 61 heavy (non-hydrogen) atoms. The molecule has 2 fully saturated rings. The van der Waals surface area contributed by atoms with Gasteiger partial charge in [0.1, 0.15) is 11.5 Å². The molecule has 1 aromatic heterocycles. The van der Waals surface area contributed by atoms with Gasteiger partial charge in [0.05, 0.1) is 35.2 Å². The summed E-state index contributed by atoms with van der Waals surface area (Å²) in [7, 11) is 0. The third-order valence-corrected chi connectivity index (χ3v) is 14.7. The van der Waals surface area contributed by atoms with E-state index in [9.17, 15) is 35.4 Å². The molecule has 10 nitrogen and oxygen atoms in total. The lowest BCUT2D eigenvalue weighted by Gasteiger charge is -2.45. The van der Waals surface area contributed by atoms with E-state index in [0.717, 1.165) is 73.0 Å². The van der Waals surface area contributed by atoms with Crippen molar-refractivity contribution in [3.63, 3.8) is 0 Å². The highest BCUT2D eigenvalue weighted by molar-refractivity contribution is 5.83. The first kappa shape index (κ1) is 44.5. The van der Waals surface area contributed by atoms with E-state index >= 15 is 0 Å². The van der Waals surface area contributed by atoms with Gasteiger partial charge in [-0.3, -0.25) is 4.79 Å². The maximum atomic E-state index is 13.0. The second-order valence-corrected chi connectivity index (χ2v) is 18.9. The molecule has 0 bridgehead atoms. The fourth-order valence-electron chi connectivity index (χ4n) is 11.5. The van der Waals surface area contributed by atoms with E-state index in [2.05, 4.69) is 41.5 Å². The summed E-state index contributed by atoms with van der Waals surface area (Å²) in [5.41, 5.74) is 10.4. The number of benzene rings is 2. The van der Waals surface area contributed by atoms with E-state index < -0.39 is 23.6 Å². The first-order valence-electron chi connectivity index (χ1n) is 23.1. The highest BCUT2D eigenvalue weighted by Crippen LogP contribution is 2.57. The first-order chi connectivity index (χ1) is 29.4. The van der Waals surface area contributed by atoms with Crippen LogP contribution in [-0.2, 0) is 11.2 Å². The molecule has 10 N–H and O–H groups in total. The predicted octanol–water partition coefficient (Wildman–Crippen LogP) is 8.95. The zero-order valence-corrected chi connectivity index (χ0v) is 35.9. The summed E-state index contributed by atoms with van der Waals surface area (Å²) in [6, 6.07) is 16.6. The van der Waals surface area contributed by atoms with Crippen LogP contribution in [0.15, 0.2) is 90.3 Å². The van der Waals surface area contributed by atoms with E-state index in [4.69, 9.17) is 5.73 Å². The Hall–Kier alpha value is -4.51. The number of allylic oxidation sites excluding steroid dienone is 3. The van der Waals surface area contributed by atoms with Gasteiger partial charge in [-0.2, -0.15) is 0 Å². The van der Waals surface area contributed by atoms with Gasteiger partial charge in [-0.15, -0.1) is 0 Å². The number of phenols is 2. The summed E-state index contributed by atoms with van der Waals surface area (Å²) >= 11 is 0. The third-order valence-electron chi connectivity index (χ3n) is 14.7. The number of hydrogen-bond acceptors (Lipinski definition) is 8. The number of aliphatic hydroxyl groups excluding tert-OH is 2. The van der Waals surface area contributed by atoms with E-state index in [1.165, 1.54) is 25.3 Å². The van der Waals surface area contributed by atoms with Gasteiger partial charge < -0.3 is 46.7 Å². The Morgan fingerprint density at radius 1 is 0.918 bits per heavy atom. The van der Waals surface area contributed by atoms with Crippen molar-refractivity contribution in [3.05, 3.63) is 96.0 Å². The Labute approximate surface area is 361 Å². The van der Waals surface area contributed by atoms with Crippen LogP contribution >= 0.6 is 0 Å². The van der Waals surface area contributed by atoms with Gasteiger partial charge in [-0.1, -0.05) is 94.0 Å². The number of carbonyl (C=O) groups is 1. The van der Waals surface area contributed by atoms with Crippen molar-refractivity contribution >= 4 is 5.97 Å². The van der Waals surface area contributed by atoms with Gasteiger partial charge in [-0.25, -0.2) is 0 Å². The molecule has 0 spiro atoms. The molecule has 10 unspecified atom stereocenters. The molecule has 330 valence electrons. The average molecular weight is 836 g/mol. The topological polar surface area (TPSA) is 192 Å². The van der Waals surface area contributed by atoms with Crippen LogP contribution < -0.4 is 11.1 Å². The van der Waals surface area contributed by atoms with Gasteiger partial charge >= 0.3 is 5.97 Å². The van der Waals surface area contributed by atoms with Crippen LogP contribution in [0.3, 0.4) is 0 Å². The van der Waals surface area contributed by atoms with Crippen molar-refractivity contribution in [2.45, 2.75) is 127 Å². The standard InChI is InChI=1S/C51H69N3O7/c1-2-3-6-11-32-16-17-35(46(57)23-32)14-9-5-10-15-43(50(59)60)49(58)36-18-19-45-37(22-33-20-21-53-47(52)24-33)25-39(51(45,61)31-36)28-40-29-44(34-12-7-4-8-13-34)48(54-40)38-26-41(55)30-42(56)27-38/h4,7-8,12-13,16-17,20,24,26-27,29-30,32,35-37,39,43,45-46,49,53-58,61H,2-3,5-6,9-11,14-15,18-19,21-23,25,28,31,52H2,1H3,(H,59,60). The minimum atomic E-state index is -1.13. The molecule has 0 radical (unpaired) electrons. The molecular formula is C51H69N3O7. The van der Waals surface area contributed by atoms with Crippen molar-refractivity contribution in [2.75, 3.05) is 6.54 Å². The third kappa shape index (κ3) is 10.8. The molecule has 3 aliphatic carbocycles. The highest BCUT2D eigenvalue weighted by Gasteiger charge is 2.57. The monoisotopic (exact) mass is 836 g/mol. The number of carboxylic acids is 1. The molecule has 4 aliphatic rings. The normalized spacial score (nSPS) is 28.4. The molecule has 2 saturated carbocycles. The van der Waals surface area contributed by atoms with Crippen LogP contribution in [0.5, 0.6) is 11.5 Å². The number of fused-ring (bicyclic) bond motifs is 1. The van der Waals surface area contributed by atoms with Crippen molar-refractivity contribution < 1.29 is 35.4 Å². The van der Waals surface area contributed by atoms with Crippen molar-refractivity contribution in [3.8, 4) is 33.9 Å². The number of aromatic hydroxyl groups is 2. The lowest BCUT2D eigenvalue weighted by molar-refractivity contribution is -0.152. The van der Waals surface area contributed by atoms with E-state index in [1.54, 1.807) is 12.1 Å².